The van der Waals surface area contributed by atoms with E-state index in [1.807, 2.05) is 12.4 Å². The van der Waals surface area contributed by atoms with Crippen LogP contribution in [0.3, 0.4) is 0 Å². The number of benzene rings is 1. The molecule has 4 nitrogen and oxygen atoms in total. The first kappa shape index (κ1) is 19.3. The Morgan fingerprint density at radius 1 is 1.16 bits per heavy atom. The molecule has 0 amide bonds. The molecule has 2 rings (SSSR count). The van der Waals surface area contributed by atoms with Gasteiger partial charge in [-0.1, -0.05) is 12.1 Å². The standard InChI is InChI=1S/C20H28N4S/c1-5-22-20(23-11-9-17-8-10-21-13-16(17)3)24-14-18-7-6-15(2)12-19(18)25-4/h6-8,10,12-13H,5,9,11,14H2,1-4H3,(H2,22,23,24). The number of nitrogens with one attached hydrogen (secondary N) is 2. The minimum Gasteiger partial charge on any atom is -0.357 e. The van der Waals surface area contributed by atoms with E-state index in [0.717, 1.165) is 25.5 Å². The lowest BCUT2D eigenvalue weighted by molar-refractivity contribution is 0.795. The first-order valence-corrected chi connectivity index (χ1v) is 9.91. The molecular weight excluding hydrogens is 328 g/mol. The number of rotatable bonds is 7. The van der Waals surface area contributed by atoms with Crippen molar-refractivity contribution in [3.8, 4) is 0 Å². The molecule has 0 radical (unpaired) electrons. The van der Waals surface area contributed by atoms with Gasteiger partial charge in [0.25, 0.3) is 0 Å². The zero-order chi connectivity index (χ0) is 18.1. The lowest BCUT2D eigenvalue weighted by Crippen LogP contribution is -2.38. The third-order valence-corrected chi connectivity index (χ3v) is 4.84. The Hall–Kier alpha value is -2.01. The van der Waals surface area contributed by atoms with Crippen molar-refractivity contribution in [2.75, 3.05) is 19.3 Å². The number of guanidine groups is 1. The molecule has 2 N–H and O–H groups in total. The number of hydrogen-bond donors (Lipinski definition) is 2. The van der Waals surface area contributed by atoms with Gasteiger partial charge >= 0.3 is 0 Å². The molecule has 1 heterocycles. The van der Waals surface area contributed by atoms with Gasteiger partial charge in [0, 0.05) is 30.4 Å². The van der Waals surface area contributed by atoms with E-state index in [-0.39, 0.29) is 0 Å². The predicted molar refractivity (Wildman–Crippen MR) is 108 cm³/mol. The second kappa shape index (κ2) is 10.1. The summed E-state index contributed by atoms with van der Waals surface area (Å²) in [7, 11) is 0. The molecule has 0 aliphatic rings. The zero-order valence-corrected chi connectivity index (χ0v) is 16.4. The molecule has 0 aliphatic carbocycles. The fourth-order valence-corrected chi connectivity index (χ4v) is 3.29. The molecule has 0 spiro atoms. The predicted octanol–water partition coefficient (Wildman–Crippen LogP) is 3.72. The van der Waals surface area contributed by atoms with Crippen LogP contribution in [0.25, 0.3) is 0 Å². The third kappa shape index (κ3) is 6.09. The topological polar surface area (TPSA) is 49.3 Å². The minimum atomic E-state index is 0.681. The van der Waals surface area contributed by atoms with E-state index < -0.39 is 0 Å². The molecule has 0 bridgehead atoms. The Kier molecular flexibility index (Phi) is 7.79. The molecular formula is C20H28N4S. The SMILES string of the molecule is CCNC(=NCc1ccc(C)cc1SC)NCCc1ccncc1C. The molecule has 1 aromatic heterocycles. The summed E-state index contributed by atoms with van der Waals surface area (Å²) in [5.74, 6) is 0.863. The summed E-state index contributed by atoms with van der Waals surface area (Å²) < 4.78 is 0. The van der Waals surface area contributed by atoms with Gasteiger partial charge in [-0.05, 0) is 67.8 Å². The number of thioether (sulfide) groups is 1. The largest absolute Gasteiger partial charge is 0.357 e. The van der Waals surface area contributed by atoms with Gasteiger partial charge < -0.3 is 10.6 Å². The van der Waals surface area contributed by atoms with Crippen LogP contribution >= 0.6 is 11.8 Å². The lowest BCUT2D eigenvalue weighted by Gasteiger charge is -2.13. The number of nitrogens with zero attached hydrogens (tertiary/aromatic N) is 2. The number of aromatic nitrogens is 1. The van der Waals surface area contributed by atoms with Gasteiger partial charge in [-0.3, -0.25) is 4.98 Å². The van der Waals surface area contributed by atoms with Crippen molar-refractivity contribution in [2.24, 2.45) is 4.99 Å². The van der Waals surface area contributed by atoms with Crippen molar-refractivity contribution >= 4 is 17.7 Å². The Morgan fingerprint density at radius 3 is 2.72 bits per heavy atom. The van der Waals surface area contributed by atoms with Crippen LogP contribution in [0.5, 0.6) is 0 Å². The summed E-state index contributed by atoms with van der Waals surface area (Å²) in [6, 6.07) is 8.63. The van der Waals surface area contributed by atoms with Gasteiger partial charge in [-0.2, -0.15) is 0 Å². The summed E-state index contributed by atoms with van der Waals surface area (Å²) in [5, 5.41) is 6.75. The second-order valence-electron chi connectivity index (χ2n) is 5.99. The summed E-state index contributed by atoms with van der Waals surface area (Å²) in [6.07, 6.45) is 6.83. The molecule has 0 aliphatic heterocycles. The maximum absolute atomic E-state index is 4.74. The first-order chi connectivity index (χ1) is 12.1. The molecule has 0 fully saturated rings. The van der Waals surface area contributed by atoms with Gasteiger partial charge in [0.05, 0.1) is 6.54 Å². The molecule has 5 heteroatoms. The van der Waals surface area contributed by atoms with Crippen LogP contribution in [0.1, 0.15) is 29.2 Å². The van der Waals surface area contributed by atoms with E-state index in [2.05, 4.69) is 66.9 Å². The average molecular weight is 357 g/mol. The monoisotopic (exact) mass is 356 g/mol. The summed E-state index contributed by atoms with van der Waals surface area (Å²) in [5.41, 5.74) is 5.10. The maximum Gasteiger partial charge on any atom is 0.191 e. The Balaban J connectivity index is 1.97. The van der Waals surface area contributed by atoms with Crippen molar-refractivity contribution in [1.29, 1.82) is 0 Å². The first-order valence-electron chi connectivity index (χ1n) is 8.69. The highest BCUT2D eigenvalue weighted by Crippen LogP contribution is 2.22. The van der Waals surface area contributed by atoms with Crippen LogP contribution < -0.4 is 10.6 Å². The Morgan fingerprint density at radius 2 is 2.00 bits per heavy atom. The van der Waals surface area contributed by atoms with Crippen LogP contribution in [0, 0.1) is 13.8 Å². The zero-order valence-electron chi connectivity index (χ0n) is 15.6. The van der Waals surface area contributed by atoms with E-state index in [1.54, 1.807) is 11.8 Å². The molecule has 0 saturated heterocycles. The molecule has 1 aromatic carbocycles. The number of pyridine rings is 1. The number of aryl methyl sites for hydroxylation is 2. The molecule has 0 atom stereocenters. The minimum absolute atomic E-state index is 0.681. The Labute approximate surface area is 155 Å². The normalized spacial score (nSPS) is 11.4. The van der Waals surface area contributed by atoms with Crippen molar-refractivity contribution in [1.82, 2.24) is 15.6 Å². The number of aliphatic imine (C=N–C) groups is 1. The molecule has 134 valence electrons. The highest BCUT2D eigenvalue weighted by atomic mass is 32.2. The van der Waals surface area contributed by atoms with Gasteiger partial charge in [0.15, 0.2) is 5.96 Å². The van der Waals surface area contributed by atoms with E-state index in [0.29, 0.717) is 6.54 Å². The highest BCUT2D eigenvalue weighted by Gasteiger charge is 2.03. The smallest absolute Gasteiger partial charge is 0.191 e. The molecule has 0 unspecified atom stereocenters. The summed E-state index contributed by atoms with van der Waals surface area (Å²) in [4.78, 5) is 10.2. The van der Waals surface area contributed by atoms with Gasteiger partial charge in [0.2, 0.25) is 0 Å². The van der Waals surface area contributed by atoms with Crippen LogP contribution in [0.15, 0.2) is 46.5 Å². The second-order valence-corrected chi connectivity index (χ2v) is 6.84. The summed E-state index contributed by atoms with van der Waals surface area (Å²) in [6.45, 7) is 8.69. The van der Waals surface area contributed by atoms with E-state index >= 15 is 0 Å². The van der Waals surface area contributed by atoms with Crippen LogP contribution in [0.4, 0.5) is 0 Å². The molecule has 2 aromatic rings. The third-order valence-electron chi connectivity index (χ3n) is 4.02. The fourth-order valence-electron chi connectivity index (χ4n) is 2.59. The summed E-state index contributed by atoms with van der Waals surface area (Å²) >= 11 is 1.78. The molecule has 0 saturated carbocycles. The fraction of sp³-hybridized carbons (Fsp3) is 0.400. The van der Waals surface area contributed by atoms with Crippen molar-refractivity contribution in [2.45, 2.75) is 38.6 Å². The van der Waals surface area contributed by atoms with Crippen LogP contribution in [0.2, 0.25) is 0 Å². The molecule has 25 heavy (non-hydrogen) atoms. The average Bonchev–Trinajstić information content (AvgIpc) is 2.62. The Bertz CT molecular complexity index is 713. The number of hydrogen-bond acceptors (Lipinski definition) is 3. The van der Waals surface area contributed by atoms with Crippen molar-refractivity contribution < 1.29 is 0 Å². The van der Waals surface area contributed by atoms with Gasteiger partial charge in [0.1, 0.15) is 0 Å². The van der Waals surface area contributed by atoms with Crippen LogP contribution in [-0.2, 0) is 13.0 Å². The van der Waals surface area contributed by atoms with E-state index in [9.17, 15) is 0 Å². The van der Waals surface area contributed by atoms with Crippen LogP contribution in [-0.4, -0.2) is 30.3 Å². The maximum atomic E-state index is 4.74. The van der Waals surface area contributed by atoms with Gasteiger partial charge in [-0.25, -0.2) is 4.99 Å². The quantitative estimate of drug-likeness (QED) is 0.451. The van der Waals surface area contributed by atoms with Gasteiger partial charge in [-0.15, -0.1) is 11.8 Å². The van der Waals surface area contributed by atoms with E-state index in [4.69, 9.17) is 4.99 Å². The highest BCUT2D eigenvalue weighted by molar-refractivity contribution is 7.98. The lowest BCUT2D eigenvalue weighted by atomic mass is 10.1. The van der Waals surface area contributed by atoms with Crippen molar-refractivity contribution in [3.63, 3.8) is 0 Å². The van der Waals surface area contributed by atoms with E-state index in [1.165, 1.54) is 27.1 Å². The van der Waals surface area contributed by atoms with Crippen molar-refractivity contribution in [3.05, 3.63) is 58.9 Å².